The fourth-order valence-corrected chi connectivity index (χ4v) is 0.598. The first-order valence-electron chi connectivity index (χ1n) is 4.30. The number of carboxylic acids is 2. The molecule has 0 atom stereocenters. The van der Waals surface area contributed by atoms with Crippen LogP contribution in [0.15, 0.2) is 0 Å². The minimum absolute atomic E-state index is 0.329. The van der Waals surface area contributed by atoms with E-state index in [1.165, 1.54) is 0 Å². The zero-order valence-electron chi connectivity index (χ0n) is 8.51. The predicted molar refractivity (Wildman–Crippen MR) is 52.1 cm³/mol. The van der Waals surface area contributed by atoms with Gasteiger partial charge in [0.25, 0.3) is 0 Å². The van der Waals surface area contributed by atoms with Gasteiger partial charge in [-0.1, -0.05) is 0 Å². The number of carbonyl (C=O) groups is 4. The molecule has 0 aromatic carbocycles. The van der Waals surface area contributed by atoms with E-state index in [1.54, 1.807) is 0 Å². The van der Waals surface area contributed by atoms with Crippen LogP contribution in [0, 0.1) is 0 Å². The van der Waals surface area contributed by atoms with E-state index in [4.69, 9.17) is 31.3 Å². The molecule has 0 saturated heterocycles. The number of aliphatic carboxylic acids is 2. The Morgan fingerprint density at radius 3 is 1.12 bits per heavy atom. The maximum absolute atomic E-state index is 10.2. The van der Waals surface area contributed by atoms with E-state index in [0.29, 0.717) is 25.7 Å². The van der Waals surface area contributed by atoms with Gasteiger partial charge in [-0.05, 0) is 12.8 Å². The summed E-state index contributed by atoms with van der Waals surface area (Å²) >= 11 is 0. The van der Waals surface area contributed by atoms with Gasteiger partial charge < -0.3 is 21.7 Å². The Hall–Kier alpha value is -2.12. The van der Waals surface area contributed by atoms with E-state index < -0.39 is 11.9 Å². The van der Waals surface area contributed by atoms with Gasteiger partial charge in [0.05, 0.1) is 0 Å². The summed E-state index contributed by atoms with van der Waals surface area (Å²) in [5.74, 6) is -4.31. The van der Waals surface area contributed by atoms with Crippen molar-refractivity contribution in [2.75, 3.05) is 0 Å². The van der Waals surface area contributed by atoms with Crippen molar-refractivity contribution in [2.45, 2.75) is 25.7 Å². The van der Waals surface area contributed by atoms with Gasteiger partial charge in [-0.3, -0.25) is 9.59 Å². The molecule has 8 heteroatoms. The standard InChI is InChI=1S/C6H12N2O2.C2H2O4/c7-5(9)3-1-2-4-6(8)10;3-1(4)2(5)6/h1-4H2,(H2,7,9)(H2,8,10);(H,3,4)(H,5,6). The molecule has 92 valence electrons. The molecule has 0 aliphatic heterocycles. The van der Waals surface area contributed by atoms with Crippen LogP contribution in [-0.2, 0) is 19.2 Å². The first-order valence-corrected chi connectivity index (χ1v) is 4.30. The van der Waals surface area contributed by atoms with E-state index in [9.17, 15) is 9.59 Å². The van der Waals surface area contributed by atoms with Crippen LogP contribution in [0.2, 0.25) is 0 Å². The Bertz CT molecular complexity index is 248. The molecular formula is C8H14N2O6. The van der Waals surface area contributed by atoms with E-state index >= 15 is 0 Å². The fourth-order valence-electron chi connectivity index (χ4n) is 0.598. The summed E-state index contributed by atoms with van der Waals surface area (Å²) in [6.07, 6.45) is 1.98. The Labute approximate surface area is 91.2 Å². The number of nitrogens with two attached hydrogens (primary N) is 2. The molecule has 16 heavy (non-hydrogen) atoms. The van der Waals surface area contributed by atoms with E-state index in [-0.39, 0.29) is 11.8 Å². The molecule has 8 nitrogen and oxygen atoms in total. The maximum atomic E-state index is 10.2. The topological polar surface area (TPSA) is 161 Å². The average Bonchev–Trinajstić information content (AvgIpc) is 2.12. The smallest absolute Gasteiger partial charge is 0.414 e. The Morgan fingerprint density at radius 1 is 0.750 bits per heavy atom. The van der Waals surface area contributed by atoms with Gasteiger partial charge in [-0.15, -0.1) is 0 Å². The first kappa shape index (κ1) is 16.3. The van der Waals surface area contributed by atoms with Crippen LogP contribution in [-0.4, -0.2) is 34.0 Å². The number of rotatable bonds is 5. The molecule has 2 amide bonds. The molecule has 0 bridgehead atoms. The number of primary amides is 2. The second kappa shape index (κ2) is 9.44. The van der Waals surface area contributed by atoms with Gasteiger partial charge in [0.2, 0.25) is 11.8 Å². The van der Waals surface area contributed by atoms with E-state index in [0.717, 1.165) is 0 Å². The fraction of sp³-hybridized carbons (Fsp3) is 0.500. The van der Waals surface area contributed by atoms with Crippen LogP contribution in [0.4, 0.5) is 0 Å². The number of carboxylic acid groups (broad SMARTS) is 2. The molecule has 0 aliphatic rings. The third-order valence-corrected chi connectivity index (χ3v) is 1.28. The number of carbonyl (C=O) groups excluding carboxylic acids is 2. The van der Waals surface area contributed by atoms with Crippen LogP contribution in [0.1, 0.15) is 25.7 Å². The summed E-state index contributed by atoms with van der Waals surface area (Å²) in [5.41, 5.74) is 9.71. The van der Waals surface area contributed by atoms with Crippen LogP contribution >= 0.6 is 0 Å². The largest absolute Gasteiger partial charge is 0.473 e. The summed E-state index contributed by atoms with van der Waals surface area (Å²) in [7, 11) is 0. The molecule has 0 rings (SSSR count). The number of hydrogen-bond donors (Lipinski definition) is 4. The third-order valence-electron chi connectivity index (χ3n) is 1.28. The minimum atomic E-state index is -1.82. The second-order valence-electron chi connectivity index (χ2n) is 2.75. The van der Waals surface area contributed by atoms with E-state index in [1.807, 2.05) is 0 Å². The summed E-state index contributed by atoms with van der Waals surface area (Å²) < 4.78 is 0. The maximum Gasteiger partial charge on any atom is 0.414 e. The molecular weight excluding hydrogens is 220 g/mol. The van der Waals surface area contributed by atoms with Crippen LogP contribution in [0.3, 0.4) is 0 Å². The zero-order chi connectivity index (χ0) is 13.1. The predicted octanol–water partition coefficient (Wildman–Crippen LogP) is -1.33. The molecule has 0 spiro atoms. The van der Waals surface area contributed by atoms with Gasteiger partial charge in [0.1, 0.15) is 0 Å². The van der Waals surface area contributed by atoms with Gasteiger partial charge in [-0.25, -0.2) is 9.59 Å². The third kappa shape index (κ3) is 17.8. The van der Waals surface area contributed by atoms with Crippen molar-refractivity contribution in [1.29, 1.82) is 0 Å². The monoisotopic (exact) mass is 234 g/mol. The molecule has 0 saturated carbocycles. The minimum Gasteiger partial charge on any atom is -0.473 e. The van der Waals surface area contributed by atoms with Gasteiger partial charge in [-0.2, -0.15) is 0 Å². The van der Waals surface area contributed by atoms with Crippen molar-refractivity contribution in [3.05, 3.63) is 0 Å². The number of hydrogen-bond acceptors (Lipinski definition) is 4. The zero-order valence-corrected chi connectivity index (χ0v) is 8.51. The summed E-state index contributed by atoms with van der Waals surface area (Å²) in [6, 6.07) is 0. The second-order valence-corrected chi connectivity index (χ2v) is 2.75. The molecule has 0 radical (unpaired) electrons. The first-order chi connectivity index (χ1) is 7.27. The lowest BCUT2D eigenvalue weighted by Gasteiger charge is -1.93. The lowest BCUT2D eigenvalue weighted by atomic mass is 10.2. The van der Waals surface area contributed by atoms with Crippen LogP contribution < -0.4 is 11.5 Å². The van der Waals surface area contributed by atoms with E-state index in [2.05, 4.69) is 0 Å². The normalized spacial score (nSPS) is 8.50. The van der Waals surface area contributed by atoms with Crippen LogP contribution in [0.25, 0.3) is 0 Å². The van der Waals surface area contributed by atoms with Crippen molar-refractivity contribution in [2.24, 2.45) is 11.5 Å². The molecule has 0 aliphatic carbocycles. The molecule has 0 fully saturated rings. The SMILES string of the molecule is NC(=O)CCCCC(N)=O.O=C(O)C(=O)O. The Morgan fingerprint density at radius 2 is 1.00 bits per heavy atom. The highest BCUT2D eigenvalue weighted by Crippen LogP contribution is 1.97. The Kier molecular flexibility index (Phi) is 9.62. The van der Waals surface area contributed by atoms with Crippen molar-refractivity contribution < 1.29 is 29.4 Å². The highest BCUT2D eigenvalue weighted by atomic mass is 16.4. The average molecular weight is 234 g/mol. The molecule has 0 unspecified atom stereocenters. The summed E-state index contributed by atoms with van der Waals surface area (Å²) in [6.45, 7) is 0. The number of amides is 2. The lowest BCUT2D eigenvalue weighted by Crippen LogP contribution is -2.12. The van der Waals surface area contributed by atoms with Crippen LogP contribution in [0.5, 0.6) is 0 Å². The molecule has 6 N–H and O–H groups in total. The van der Waals surface area contributed by atoms with Crippen molar-refractivity contribution in [1.82, 2.24) is 0 Å². The Balaban J connectivity index is 0. The molecule has 0 aromatic heterocycles. The van der Waals surface area contributed by atoms with Gasteiger partial charge in [0.15, 0.2) is 0 Å². The highest BCUT2D eigenvalue weighted by Gasteiger charge is 2.04. The van der Waals surface area contributed by atoms with Crippen molar-refractivity contribution in [3.63, 3.8) is 0 Å². The summed E-state index contributed by atoms with van der Waals surface area (Å²) in [4.78, 5) is 38.5. The highest BCUT2D eigenvalue weighted by molar-refractivity contribution is 6.27. The van der Waals surface area contributed by atoms with Crippen molar-refractivity contribution >= 4 is 23.8 Å². The molecule has 0 heterocycles. The summed E-state index contributed by atoms with van der Waals surface area (Å²) in [5, 5.41) is 14.8. The quantitative estimate of drug-likeness (QED) is 0.340. The van der Waals surface area contributed by atoms with Gasteiger partial charge in [0, 0.05) is 12.8 Å². The lowest BCUT2D eigenvalue weighted by molar-refractivity contribution is -0.159. The molecule has 0 aromatic rings. The van der Waals surface area contributed by atoms with Gasteiger partial charge >= 0.3 is 11.9 Å². The number of unbranched alkanes of at least 4 members (excludes halogenated alkanes) is 1. The van der Waals surface area contributed by atoms with Crippen molar-refractivity contribution in [3.8, 4) is 0 Å².